The molecule has 4 heteroatoms. The summed E-state index contributed by atoms with van der Waals surface area (Å²) in [6.07, 6.45) is 1.65. The SMILES string of the molecule is COC(=O)CC#Cc1ccc2c(=O)cc[nH]c2c1. The molecule has 2 rings (SSSR count). The zero-order chi connectivity index (χ0) is 13.0. The van der Waals surface area contributed by atoms with Gasteiger partial charge >= 0.3 is 5.97 Å². The molecule has 0 saturated carbocycles. The predicted molar refractivity (Wildman–Crippen MR) is 68.1 cm³/mol. The number of carbonyl (C=O) groups excluding carboxylic acids is 1. The summed E-state index contributed by atoms with van der Waals surface area (Å²) in [4.78, 5) is 25.4. The van der Waals surface area contributed by atoms with Gasteiger partial charge in [-0.15, -0.1) is 0 Å². The first kappa shape index (κ1) is 11.9. The first-order valence-corrected chi connectivity index (χ1v) is 5.38. The first-order valence-electron chi connectivity index (χ1n) is 5.38. The maximum atomic E-state index is 11.5. The van der Waals surface area contributed by atoms with Gasteiger partial charge in [0.1, 0.15) is 6.42 Å². The van der Waals surface area contributed by atoms with Crippen molar-refractivity contribution in [1.82, 2.24) is 4.98 Å². The molecule has 1 heterocycles. The highest BCUT2D eigenvalue weighted by Gasteiger charge is 1.98. The second kappa shape index (κ2) is 5.19. The minimum absolute atomic E-state index is 0.0298. The number of hydrogen-bond donors (Lipinski definition) is 1. The number of aromatic nitrogens is 1. The highest BCUT2D eigenvalue weighted by atomic mass is 16.5. The van der Waals surface area contributed by atoms with E-state index in [2.05, 4.69) is 21.6 Å². The van der Waals surface area contributed by atoms with Crippen LogP contribution in [0.25, 0.3) is 10.9 Å². The number of benzene rings is 1. The van der Waals surface area contributed by atoms with Crippen LogP contribution in [0.2, 0.25) is 0 Å². The number of esters is 1. The molecule has 0 radical (unpaired) electrons. The Bertz CT molecular complexity index is 704. The van der Waals surface area contributed by atoms with Crippen LogP contribution in [0.1, 0.15) is 12.0 Å². The lowest BCUT2D eigenvalue weighted by atomic mass is 10.1. The molecule has 0 unspecified atom stereocenters. The molecule has 90 valence electrons. The van der Waals surface area contributed by atoms with E-state index < -0.39 is 0 Å². The number of ether oxygens (including phenoxy) is 1. The summed E-state index contributed by atoms with van der Waals surface area (Å²) in [5.41, 5.74) is 1.44. The van der Waals surface area contributed by atoms with Crippen LogP contribution in [-0.4, -0.2) is 18.1 Å². The summed E-state index contributed by atoms with van der Waals surface area (Å²) in [6, 6.07) is 6.73. The minimum atomic E-state index is -0.364. The highest BCUT2D eigenvalue weighted by Crippen LogP contribution is 2.08. The first-order chi connectivity index (χ1) is 8.70. The zero-order valence-corrected chi connectivity index (χ0v) is 9.82. The van der Waals surface area contributed by atoms with Gasteiger partial charge in [-0.05, 0) is 18.2 Å². The second-order valence-corrected chi connectivity index (χ2v) is 3.66. The lowest BCUT2D eigenvalue weighted by Crippen LogP contribution is -1.99. The van der Waals surface area contributed by atoms with Crippen LogP contribution in [0.4, 0.5) is 0 Å². The molecule has 1 aromatic heterocycles. The number of carbonyl (C=O) groups is 1. The van der Waals surface area contributed by atoms with E-state index in [4.69, 9.17) is 0 Å². The molecule has 0 aliphatic heterocycles. The fourth-order valence-electron chi connectivity index (χ4n) is 1.54. The van der Waals surface area contributed by atoms with Crippen molar-refractivity contribution < 1.29 is 9.53 Å². The van der Waals surface area contributed by atoms with Gasteiger partial charge in [-0.1, -0.05) is 11.8 Å². The Morgan fingerprint density at radius 1 is 1.39 bits per heavy atom. The van der Waals surface area contributed by atoms with Crippen LogP contribution >= 0.6 is 0 Å². The maximum Gasteiger partial charge on any atom is 0.317 e. The van der Waals surface area contributed by atoms with Gasteiger partial charge in [0, 0.05) is 23.2 Å². The van der Waals surface area contributed by atoms with Crippen LogP contribution < -0.4 is 5.43 Å². The van der Waals surface area contributed by atoms with E-state index in [1.54, 1.807) is 24.4 Å². The summed E-state index contributed by atoms with van der Waals surface area (Å²) in [5, 5.41) is 0.621. The molecular formula is C14H11NO3. The highest BCUT2D eigenvalue weighted by molar-refractivity contribution is 5.79. The van der Waals surface area contributed by atoms with Gasteiger partial charge in [-0.3, -0.25) is 9.59 Å². The summed E-state index contributed by atoms with van der Waals surface area (Å²) in [6.45, 7) is 0. The number of fused-ring (bicyclic) bond motifs is 1. The number of methoxy groups -OCH3 is 1. The molecule has 0 spiro atoms. The molecule has 2 aromatic rings. The van der Waals surface area contributed by atoms with Gasteiger partial charge in [-0.2, -0.15) is 0 Å². The van der Waals surface area contributed by atoms with Crippen molar-refractivity contribution in [1.29, 1.82) is 0 Å². The normalized spacial score (nSPS) is 9.61. The van der Waals surface area contributed by atoms with Crippen LogP contribution in [0.3, 0.4) is 0 Å². The predicted octanol–water partition coefficient (Wildman–Crippen LogP) is 1.44. The monoisotopic (exact) mass is 241 g/mol. The molecular weight excluding hydrogens is 230 g/mol. The number of H-pyrrole nitrogens is 1. The Morgan fingerprint density at radius 3 is 3.00 bits per heavy atom. The van der Waals surface area contributed by atoms with E-state index >= 15 is 0 Å². The third-order valence-corrected chi connectivity index (χ3v) is 2.45. The average Bonchev–Trinajstić information content (AvgIpc) is 2.38. The summed E-state index contributed by atoms with van der Waals surface area (Å²) >= 11 is 0. The molecule has 1 aromatic carbocycles. The average molecular weight is 241 g/mol. The van der Waals surface area contributed by atoms with E-state index in [0.29, 0.717) is 5.39 Å². The smallest absolute Gasteiger partial charge is 0.317 e. The van der Waals surface area contributed by atoms with Crippen molar-refractivity contribution in [3.05, 3.63) is 46.2 Å². The standard InChI is InChI=1S/C14H11NO3/c1-18-14(17)4-2-3-10-5-6-11-12(9-10)15-8-7-13(11)16/h5-9H,4H2,1H3,(H,15,16). The topological polar surface area (TPSA) is 59.2 Å². The molecule has 4 nitrogen and oxygen atoms in total. The number of hydrogen-bond acceptors (Lipinski definition) is 3. The fourth-order valence-corrected chi connectivity index (χ4v) is 1.54. The Kier molecular flexibility index (Phi) is 3.44. The number of nitrogens with one attached hydrogen (secondary N) is 1. The third-order valence-electron chi connectivity index (χ3n) is 2.45. The van der Waals surface area contributed by atoms with Crippen LogP contribution in [0, 0.1) is 11.8 Å². The van der Waals surface area contributed by atoms with E-state index in [9.17, 15) is 9.59 Å². The Morgan fingerprint density at radius 2 is 2.22 bits per heavy atom. The van der Waals surface area contributed by atoms with Crippen molar-refractivity contribution in [2.75, 3.05) is 7.11 Å². The van der Waals surface area contributed by atoms with Crippen molar-refractivity contribution in [2.24, 2.45) is 0 Å². The Balaban J connectivity index is 2.31. The van der Waals surface area contributed by atoms with Crippen LogP contribution in [-0.2, 0) is 9.53 Å². The molecule has 0 atom stereocenters. The van der Waals surface area contributed by atoms with Gasteiger partial charge in [0.2, 0.25) is 0 Å². The fraction of sp³-hybridized carbons (Fsp3) is 0.143. The van der Waals surface area contributed by atoms with Crippen molar-refractivity contribution >= 4 is 16.9 Å². The molecule has 0 fully saturated rings. The molecule has 1 N–H and O–H groups in total. The minimum Gasteiger partial charge on any atom is -0.468 e. The van der Waals surface area contributed by atoms with E-state index in [-0.39, 0.29) is 17.8 Å². The summed E-state index contributed by atoms with van der Waals surface area (Å²) < 4.78 is 4.49. The van der Waals surface area contributed by atoms with Crippen molar-refractivity contribution in [3.63, 3.8) is 0 Å². The zero-order valence-electron chi connectivity index (χ0n) is 9.82. The third kappa shape index (κ3) is 2.58. The molecule has 0 bridgehead atoms. The molecule has 0 amide bonds. The molecule has 0 aliphatic rings. The van der Waals surface area contributed by atoms with E-state index in [1.807, 2.05) is 0 Å². The van der Waals surface area contributed by atoms with Gasteiger partial charge < -0.3 is 9.72 Å². The van der Waals surface area contributed by atoms with Crippen LogP contribution in [0.5, 0.6) is 0 Å². The summed E-state index contributed by atoms with van der Waals surface area (Å²) in [7, 11) is 1.32. The second-order valence-electron chi connectivity index (χ2n) is 3.66. The van der Waals surface area contributed by atoms with Crippen molar-refractivity contribution in [3.8, 4) is 11.8 Å². The molecule has 0 aliphatic carbocycles. The lowest BCUT2D eigenvalue weighted by molar-refractivity contribution is -0.139. The van der Waals surface area contributed by atoms with Crippen molar-refractivity contribution in [2.45, 2.75) is 6.42 Å². The number of pyridine rings is 1. The number of rotatable bonds is 1. The Labute approximate surface area is 104 Å². The summed E-state index contributed by atoms with van der Waals surface area (Å²) in [5.74, 6) is 5.20. The van der Waals surface area contributed by atoms with E-state index in [0.717, 1.165) is 11.1 Å². The lowest BCUT2D eigenvalue weighted by Gasteiger charge is -1.97. The molecule has 0 saturated heterocycles. The maximum absolute atomic E-state index is 11.5. The van der Waals surface area contributed by atoms with Gasteiger partial charge in [0.25, 0.3) is 0 Å². The quantitative estimate of drug-likeness (QED) is 0.607. The number of aromatic amines is 1. The largest absolute Gasteiger partial charge is 0.468 e. The van der Waals surface area contributed by atoms with Gasteiger partial charge in [-0.25, -0.2) is 0 Å². The Hall–Kier alpha value is -2.54. The van der Waals surface area contributed by atoms with Gasteiger partial charge in [0.05, 0.1) is 12.6 Å². The molecule has 18 heavy (non-hydrogen) atoms. The van der Waals surface area contributed by atoms with E-state index in [1.165, 1.54) is 13.2 Å². The van der Waals surface area contributed by atoms with Crippen LogP contribution in [0.15, 0.2) is 35.3 Å². The van der Waals surface area contributed by atoms with Gasteiger partial charge in [0.15, 0.2) is 5.43 Å².